The predicted molar refractivity (Wildman–Crippen MR) is 108 cm³/mol. The first-order valence-electron chi connectivity index (χ1n) is 9.00. The van der Waals surface area contributed by atoms with Crippen molar-refractivity contribution in [3.8, 4) is 22.8 Å². The second-order valence-corrected chi connectivity index (χ2v) is 6.44. The summed E-state index contributed by atoms with van der Waals surface area (Å²) in [6.07, 6.45) is 5.11. The zero-order chi connectivity index (χ0) is 20.5. The highest BCUT2D eigenvalue weighted by Crippen LogP contribution is 2.31. The van der Waals surface area contributed by atoms with Crippen molar-refractivity contribution in [2.24, 2.45) is 0 Å². The van der Waals surface area contributed by atoms with Crippen molar-refractivity contribution in [1.82, 2.24) is 25.1 Å². The van der Waals surface area contributed by atoms with Gasteiger partial charge in [0.05, 0.1) is 11.7 Å². The minimum atomic E-state index is -0.982. The lowest BCUT2D eigenvalue weighted by Crippen LogP contribution is -1.93. The molecule has 148 valence electrons. The van der Waals surface area contributed by atoms with Crippen LogP contribution >= 0.6 is 0 Å². The standard InChI is InChI=1S/C21H14F2N6O/c22-16-7-8-17-19(18(16)23)29-21(28-17)27-13-3-5-14(6-4-13)30-20-15(2-1-9-24-20)12-10-25-26-11-12/h1-11H,(H,25,26)(H2,27,28,29). The van der Waals surface area contributed by atoms with Crippen molar-refractivity contribution < 1.29 is 13.5 Å². The third kappa shape index (κ3) is 3.32. The molecule has 3 heterocycles. The Balaban J connectivity index is 1.35. The normalized spacial score (nSPS) is 11.0. The van der Waals surface area contributed by atoms with Crippen LogP contribution in [0.1, 0.15) is 0 Å². The van der Waals surface area contributed by atoms with Crippen molar-refractivity contribution in [3.05, 3.63) is 78.8 Å². The fraction of sp³-hybridized carbons (Fsp3) is 0. The number of aromatic nitrogens is 5. The predicted octanol–water partition coefficient (Wildman–Crippen LogP) is 5.16. The minimum absolute atomic E-state index is 0.0561. The molecular formula is C21H14F2N6O. The number of ether oxygens (including phenoxy) is 1. The van der Waals surface area contributed by atoms with E-state index in [0.717, 1.165) is 17.2 Å². The molecule has 0 unspecified atom stereocenters. The quantitative estimate of drug-likeness (QED) is 0.376. The second kappa shape index (κ2) is 7.28. The summed E-state index contributed by atoms with van der Waals surface area (Å²) in [4.78, 5) is 11.3. The Kier molecular flexibility index (Phi) is 4.32. The van der Waals surface area contributed by atoms with Gasteiger partial charge >= 0.3 is 0 Å². The molecule has 0 radical (unpaired) electrons. The summed E-state index contributed by atoms with van der Waals surface area (Å²) in [6.45, 7) is 0. The topological polar surface area (TPSA) is 91.5 Å². The molecule has 5 aromatic rings. The lowest BCUT2D eigenvalue weighted by molar-refractivity contribution is 0.465. The summed E-state index contributed by atoms with van der Waals surface area (Å²) >= 11 is 0. The van der Waals surface area contributed by atoms with Crippen molar-refractivity contribution in [3.63, 3.8) is 0 Å². The van der Waals surface area contributed by atoms with E-state index >= 15 is 0 Å². The molecule has 0 bridgehead atoms. The zero-order valence-corrected chi connectivity index (χ0v) is 15.4. The van der Waals surface area contributed by atoms with Gasteiger partial charge in [0.15, 0.2) is 11.6 Å². The smallest absolute Gasteiger partial charge is 0.227 e. The van der Waals surface area contributed by atoms with Gasteiger partial charge in [-0.2, -0.15) is 5.10 Å². The van der Waals surface area contributed by atoms with Gasteiger partial charge in [-0.3, -0.25) is 5.10 Å². The fourth-order valence-electron chi connectivity index (χ4n) is 3.02. The number of hydrogen-bond acceptors (Lipinski definition) is 5. The van der Waals surface area contributed by atoms with Crippen LogP contribution < -0.4 is 10.1 Å². The Morgan fingerprint density at radius 2 is 1.87 bits per heavy atom. The van der Waals surface area contributed by atoms with E-state index in [9.17, 15) is 8.78 Å². The number of fused-ring (bicyclic) bond motifs is 1. The van der Waals surface area contributed by atoms with Gasteiger partial charge < -0.3 is 15.0 Å². The molecular weight excluding hydrogens is 390 g/mol. The van der Waals surface area contributed by atoms with Crippen molar-refractivity contribution in [1.29, 1.82) is 0 Å². The van der Waals surface area contributed by atoms with Crippen LogP contribution in [0.3, 0.4) is 0 Å². The van der Waals surface area contributed by atoms with E-state index in [1.165, 1.54) is 6.07 Å². The van der Waals surface area contributed by atoms with Gasteiger partial charge in [0.1, 0.15) is 11.3 Å². The molecule has 5 rings (SSSR count). The average Bonchev–Trinajstić information content (AvgIpc) is 3.43. The van der Waals surface area contributed by atoms with E-state index in [2.05, 4.69) is 30.5 Å². The van der Waals surface area contributed by atoms with Crippen LogP contribution in [-0.2, 0) is 0 Å². The Bertz CT molecular complexity index is 1320. The lowest BCUT2D eigenvalue weighted by Gasteiger charge is -2.09. The molecule has 0 aliphatic carbocycles. The van der Waals surface area contributed by atoms with Gasteiger partial charge in [-0.05, 0) is 48.5 Å². The number of aromatic amines is 2. The summed E-state index contributed by atoms with van der Waals surface area (Å²) < 4.78 is 33.1. The van der Waals surface area contributed by atoms with Crippen LogP contribution in [0, 0.1) is 11.6 Å². The molecule has 3 N–H and O–H groups in total. The number of H-pyrrole nitrogens is 2. The molecule has 0 atom stereocenters. The number of nitrogens with zero attached hydrogens (tertiary/aromatic N) is 3. The number of halogens is 2. The van der Waals surface area contributed by atoms with E-state index in [1.54, 1.807) is 42.9 Å². The summed E-state index contributed by atoms with van der Waals surface area (Å²) in [6, 6.07) is 13.3. The Morgan fingerprint density at radius 3 is 2.67 bits per heavy atom. The molecule has 0 spiro atoms. The summed E-state index contributed by atoms with van der Waals surface area (Å²) in [7, 11) is 0. The highest BCUT2D eigenvalue weighted by molar-refractivity contribution is 5.79. The van der Waals surface area contributed by atoms with E-state index in [1.807, 2.05) is 12.1 Å². The largest absolute Gasteiger partial charge is 0.438 e. The van der Waals surface area contributed by atoms with Crippen molar-refractivity contribution >= 4 is 22.7 Å². The number of nitrogens with one attached hydrogen (secondary N) is 3. The van der Waals surface area contributed by atoms with E-state index in [-0.39, 0.29) is 5.52 Å². The maximum Gasteiger partial charge on any atom is 0.227 e. The van der Waals surface area contributed by atoms with E-state index in [4.69, 9.17) is 4.74 Å². The van der Waals surface area contributed by atoms with Gasteiger partial charge in [0, 0.05) is 29.2 Å². The zero-order valence-electron chi connectivity index (χ0n) is 15.4. The molecule has 7 nitrogen and oxygen atoms in total. The van der Waals surface area contributed by atoms with Gasteiger partial charge in [-0.25, -0.2) is 18.7 Å². The van der Waals surface area contributed by atoms with Crippen LogP contribution in [0.4, 0.5) is 20.4 Å². The monoisotopic (exact) mass is 404 g/mol. The SMILES string of the molecule is Fc1ccc2[nH]c(Nc3ccc(Oc4ncccc4-c4cn[nH]c4)cc3)nc2c1F. The van der Waals surface area contributed by atoms with E-state index < -0.39 is 11.6 Å². The second-order valence-electron chi connectivity index (χ2n) is 6.44. The van der Waals surface area contributed by atoms with Gasteiger partial charge in [-0.1, -0.05) is 0 Å². The first-order chi connectivity index (χ1) is 14.7. The molecule has 3 aromatic heterocycles. The Labute approximate surface area is 168 Å². The van der Waals surface area contributed by atoms with Crippen LogP contribution in [0.15, 0.2) is 67.1 Å². The maximum absolute atomic E-state index is 13.8. The fourth-order valence-corrected chi connectivity index (χ4v) is 3.02. The van der Waals surface area contributed by atoms with Crippen molar-refractivity contribution in [2.75, 3.05) is 5.32 Å². The number of pyridine rings is 1. The molecule has 0 saturated heterocycles. The third-order valence-corrected chi connectivity index (χ3v) is 4.46. The lowest BCUT2D eigenvalue weighted by atomic mass is 10.1. The van der Waals surface area contributed by atoms with Crippen LogP contribution in [0.25, 0.3) is 22.2 Å². The highest BCUT2D eigenvalue weighted by Gasteiger charge is 2.12. The van der Waals surface area contributed by atoms with Crippen LogP contribution in [0.5, 0.6) is 11.6 Å². The maximum atomic E-state index is 13.8. The average molecular weight is 404 g/mol. The molecule has 0 saturated carbocycles. The summed E-state index contributed by atoms with van der Waals surface area (Å²) in [5, 5.41) is 9.75. The van der Waals surface area contributed by atoms with Gasteiger partial charge in [0.2, 0.25) is 11.8 Å². The number of benzene rings is 2. The highest BCUT2D eigenvalue weighted by atomic mass is 19.2. The molecule has 30 heavy (non-hydrogen) atoms. The minimum Gasteiger partial charge on any atom is -0.438 e. The first kappa shape index (κ1) is 17.8. The number of anilines is 2. The van der Waals surface area contributed by atoms with E-state index in [0.29, 0.717) is 28.8 Å². The Hall–Kier alpha value is -4.27. The van der Waals surface area contributed by atoms with Crippen molar-refractivity contribution in [2.45, 2.75) is 0 Å². The number of imidazole rings is 1. The molecule has 2 aromatic carbocycles. The van der Waals surface area contributed by atoms with Gasteiger partial charge in [-0.15, -0.1) is 0 Å². The third-order valence-electron chi connectivity index (χ3n) is 4.46. The summed E-state index contributed by atoms with van der Waals surface area (Å²) in [5.41, 5.74) is 2.71. The molecule has 0 amide bonds. The molecule has 0 aliphatic rings. The number of hydrogen-bond donors (Lipinski definition) is 3. The van der Waals surface area contributed by atoms with Crippen LogP contribution in [0.2, 0.25) is 0 Å². The molecule has 0 fully saturated rings. The van der Waals surface area contributed by atoms with Crippen LogP contribution in [-0.4, -0.2) is 25.1 Å². The molecule has 9 heteroatoms. The molecule has 0 aliphatic heterocycles. The van der Waals surface area contributed by atoms with Gasteiger partial charge in [0.25, 0.3) is 0 Å². The number of rotatable bonds is 5. The Morgan fingerprint density at radius 1 is 1.00 bits per heavy atom. The first-order valence-corrected chi connectivity index (χ1v) is 9.00. The summed E-state index contributed by atoms with van der Waals surface area (Å²) in [5.74, 6) is -0.582.